The number of nitrogens with one attached hydrogen (secondary N) is 1. The highest BCUT2D eigenvalue weighted by Crippen LogP contribution is 2.21. The van der Waals surface area contributed by atoms with Crippen LogP contribution < -0.4 is 10.1 Å². The SMILES string of the molecule is Cc1cnccc1CNC(=O)c1ccc(OC2CCN(S(=O)(=O)N(C)C)CC2)cc1. The molecule has 0 aliphatic carbocycles. The molecule has 1 aliphatic rings. The lowest BCUT2D eigenvalue weighted by molar-refractivity contribution is 0.0950. The first kappa shape index (κ1) is 22.2. The van der Waals surface area contributed by atoms with Crippen molar-refractivity contribution in [3.05, 3.63) is 59.4 Å². The number of aromatic nitrogens is 1. The Morgan fingerprint density at radius 1 is 1.20 bits per heavy atom. The van der Waals surface area contributed by atoms with Crippen molar-refractivity contribution in [1.82, 2.24) is 18.9 Å². The predicted molar refractivity (Wildman–Crippen MR) is 114 cm³/mol. The molecule has 1 amide bonds. The molecule has 2 heterocycles. The fourth-order valence-corrected chi connectivity index (χ4v) is 4.40. The number of hydrogen-bond donors (Lipinski definition) is 1. The minimum Gasteiger partial charge on any atom is -0.490 e. The van der Waals surface area contributed by atoms with Gasteiger partial charge < -0.3 is 10.1 Å². The van der Waals surface area contributed by atoms with E-state index in [1.165, 1.54) is 22.7 Å². The van der Waals surface area contributed by atoms with Crippen LogP contribution in [0, 0.1) is 6.92 Å². The van der Waals surface area contributed by atoms with E-state index in [1.807, 2.05) is 13.0 Å². The Morgan fingerprint density at radius 3 is 2.47 bits per heavy atom. The van der Waals surface area contributed by atoms with Gasteiger partial charge in [-0.3, -0.25) is 9.78 Å². The number of hydrogen-bond acceptors (Lipinski definition) is 5. The largest absolute Gasteiger partial charge is 0.490 e. The first-order valence-electron chi connectivity index (χ1n) is 9.89. The van der Waals surface area contributed by atoms with Crippen molar-refractivity contribution in [1.29, 1.82) is 0 Å². The molecule has 162 valence electrons. The zero-order chi connectivity index (χ0) is 21.7. The number of benzene rings is 1. The van der Waals surface area contributed by atoms with E-state index < -0.39 is 10.2 Å². The van der Waals surface area contributed by atoms with Crippen LogP contribution in [0.5, 0.6) is 5.75 Å². The van der Waals surface area contributed by atoms with Gasteiger partial charge in [-0.2, -0.15) is 17.0 Å². The average molecular weight is 433 g/mol. The van der Waals surface area contributed by atoms with Crippen LogP contribution in [0.3, 0.4) is 0 Å². The molecular weight excluding hydrogens is 404 g/mol. The standard InChI is InChI=1S/C21H28N4O4S/c1-16-14-22-11-8-18(16)15-23-21(26)17-4-6-19(7-5-17)29-20-9-12-25(13-10-20)30(27,28)24(2)3/h4-8,11,14,20H,9-10,12-13,15H2,1-3H3,(H,23,26). The van der Waals surface area contributed by atoms with E-state index in [9.17, 15) is 13.2 Å². The quantitative estimate of drug-likeness (QED) is 0.722. The van der Waals surface area contributed by atoms with Crippen LogP contribution in [0.4, 0.5) is 0 Å². The van der Waals surface area contributed by atoms with E-state index >= 15 is 0 Å². The third-order valence-electron chi connectivity index (χ3n) is 5.18. The van der Waals surface area contributed by atoms with Crippen molar-refractivity contribution in [3.63, 3.8) is 0 Å². The van der Waals surface area contributed by atoms with Crippen LogP contribution in [0.2, 0.25) is 0 Å². The molecule has 1 fully saturated rings. The van der Waals surface area contributed by atoms with Gasteiger partial charge in [0.15, 0.2) is 0 Å². The van der Waals surface area contributed by atoms with E-state index in [4.69, 9.17) is 4.74 Å². The summed E-state index contributed by atoms with van der Waals surface area (Å²) < 4.78 is 33.1. The summed E-state index contributed by atoms with van der Waals surface area (Å²) in [5, 5.41) is 2.91. The topological polar surface area (TPSA) is 91.8 Å². The van der Waals surface area contributed by atoms with E-state index in [-0.39, 0.29) is 12.0 Å². The molecule has 3 rings (SSSR count). The molecule has 30 heavy (non-hydrogen) atoms. The molecule has 9 heteroatoms. The molecule has 8 nitrogen and oxygen atoms in total. The third-order valence-corrected chi connectivity index (χ3v) is 7.12. The monoisotopic (exact) mass is 432 g/mol. The second-order valence-electron chi connectivity index (χ2n) is 7.52. The van der Waals surface area contributed by atoms with E-state index in [0.717, 1.165) is 11.1 Å². The number of amides is 1. The highest BCUT2D eigenvalue weighted by atomic mass is 32.2. The van der Waals surface area contributed by atoms with Gasteiger partial charge in [0.1, 0.15) is 11.9 Å². The molecule has 1 N–H and O–H groups in total. The van der Waals surface area contributed by atoms with Crippen LogP contribution in [-0.2, 0) is 16.8 Å². The van der Waals surface area contributed by atoms with Gasteiger partial charge in [-0.1, -0.05) is 0 Å². The highest BCUT2D eigenvalue weighted by Gasteiger charge is 2.30. The lowest BCUT2D eigenvalue weighted by Gasteiger charge is -2.32. The van der Waals surface area contributed by atoms with Gasteiger partial charge in [-0.25, -0.2) is 0 Å². The van der Waals surface area contributed by atoms with Crippen molar-refractivity contribution < 1.29 is 17.9 Å². The molecule has 2 aromatic rings. The summed E-state index contributed by atoms with van der Waals surface area (Å²) in [5.41, 5.74) is 2.62. The molecule has 0 unspecified atom stereocenters. The molecule has 1 aliphatic heterocycles. The zero-order valence-corrected chi connectivity index (χ0v) is 18.4. The number of carbonyl (C=O) groups excluding carboxylic acids is 1. The Bertz CT molecular complexity index is 969. The Labute approximate surface area is 178 Å². The first-order valence-corrected chi connectivity index (χ1v) is 11.3. The van der Waals surface area contributed by atoms with Gasteiger partial charge in [0.05, 0.1) is 0 Å². The van der Waals surface area contributed by atoms with Gasteiger partial charge in [-0.05, 0) is 61.2 Å². The van der Waals surface area contributed by atoms with E-state index in [0.29, 0.717) is 43.8 Å². The maximum Gasteiger partial charge on any atom is 0.281 e. The van der Waals surface area contributed by atoms with E-state index in [1.54, 1.807) is 36.7 Å². The summed E-state index contributed by atoms with van der Waals surface area (Å²) in [7, 11) is -0.305. The van der Waals surface area contributed by atoms with Gasteiger partial charge in [0, 0.05) is 51.7 Å². The summed E-state index contributed by atoms with van der Waals surface area (Å²) in [6.07, 6.45) is 4.68. The summed E-state index contributed by atoms with van der Waals surface area (Å²) in [5.74, 6) is 0.519. The summed E-state index contributed by atoms with van der Waals surface area (Å²) >= 11 is 0. The normalized spacial score (nSPS) is 15.9. The molecular formula is C21H28N4O4S. The average Bonchev–Trinajstić information content (AvgIpc) is 2.74. The van der Waals surface area contributed by atoms with Crippen molar-refractivity contribution in [3.8, 4) is 5.75 Å². The smallest absolute Gasteiger partial charge is 0.281 e. The second kappa shape index (κ2) is 9.55. The summed E-state index contributed by atoms with van der Waals surface area (Å²) in [6, 6.07) is 8.90. The Kier molecular flexibility index (Phi) is 7.06. The van der Waals surface area contributed by atoms with Gasteiger partial charge >= 0.3 is 0 Å². The van der Waals surface area contributed by atoms with Crippen molar-refractivity contribution in [2.24, 2.45) is 0 Å². The van der Waals surface area contributed by atoms with Gasteiger partial charge in [0.25, 0.3) is 16.1 Å². The number of ether oxygens (including phenoxy) is 1. The fraction of sp³-hybridized carbons (Fsp3) is 0.429. The molecule has 0 radical (unpaired) electrons. The van der Waals surface area contributed by atoms with E-state index in [2.05, 4.69) is 10.3 Å². The van der Waals surface area contributed by atoms with Crippen LogP contribution in [0.15, 0.2) is 42.7 Å². The minimum atomic E-state index is -3.38. The molecule has 0 atom stereocenters. The molecule has 1 saturated heterocycles. The Morgan fingerprint density at radius 2 is 1.87 bits per heavy atom. The van der Waals surface area contributed by atoms with Crippen molar-refractivity contribution in [2.75, 3.05) is 27.2 Å². The molecule has 1 aromatic carbocycles. The first-order chi connectivity index (χ1) is 14.3. The highest BCUT2D eigenvalue weighted by molar-refractivity contribution is 7.86. The number of pyridine rings is 1. The molecule has 1 aromatic heterocycles. The second-order valence-corrected chi connectivity index (χ2v) is 9.66. The van der Waals surface area contributed by atoms with Crippen molar-refractivity contribution in [2.45, 2.75) is 32.4 Å². The Balaban J connectivity index is 1.50. The number of rotatable bonds is 7. The lowest BCUT2D eigenvalue weighted by Crippen LogP contribution is -2.46. The van der Waals surface area contributed by atoms with Crippen LogP contribution in [0.1, 0.15) is 34.3 Å². The summed E-state index contributed by atoms with van der Waals surface area (Å²) in [6.45, 7) is 3.26. The summed E-state index contributed by atoms with van der Waals surface area (Å²) in [4.78, 5) is 16.4. The van der Waals surface area contributed by atoms with Crippen LogP contribution in [-0.4, -0.2) is 61.2 Å². The third kappa shape index (κ3) is 5.35. The van der Waals surface area contributed by atoms with Crippen LogP contribution in [0.25, 0.3) is 0 Å². The maximum atomic E-state index is 12.4. The zero-order valence-electron chi connectivity index (χ0n) is 17.5. The maximum absolute atomic E-state index is 12.4. The van der Waals surface area contributed by atoms with Gasteiger partial charge in [0.2, 0.25) is 0 Å². The lowest BCUT2D eigenvalue weighted by atomic mass is 10.1. The fourth-order valence-electron chi connectivity index (χ4n) is 3.27. The number of nitrogens with zero attached hydrogens (tertiary/aromatic N) is 3. The van der Waals surface area contributed by atoms with Crippen LogP contribution >= 0.6 is 0 Å². The van der Waals surface area contributed by atoms with Gasteiger partial charge in [-0.15, -0.1) is 0 Å². The number of piperidine rings is 1. The predicted octanol–water partition coefficient (Wildman–Crippen LogP) is 1.97. The molecule has 0 saturated carbocycles. The Hall–Kier alpha value is -2.49. The minimum absolute atomic E-state index is 0.0482. The van der Waals surface area contributed by atoms with Crippen molar-refractivity contribution >= 4 is 16.1 Å². The number of aryl methyl sites for hydroxylation is 1. The molecule has 0 spiro atoms. The number of carbonyl (C=O) groups is 1. The molecule has 0 bridgehead atoms.